The van der Waals surface area contributed by atoms with Gasteiger partial charge >= 0.3 is 0 Å². The van der Waals surface area contributed by atoms with Crippen LogP contribution in [0.2, 0.25) is 0 Å². The Morgan fingerprint density at radius 3 is 2.82 bits per heavy atom. The second kappa shape index (κ2) is 2.78. The summed E-state index contributed by atoms with van der Waals surface area (Å²) < 4.78 is 0. The number of hydrogen-bond donors (Lipinski definition) is 0. The van der Waals surface area contributed by atoms with Gasteiger partial charge in [-0.2, -0.15) is 0 Å². The highest BCUT2D eigenvalue weighted by atomic mass is 15.2. The van der Waals surface area contributed by atoms with Crippen LogP contribution < -0.4 is 0 Å². The standard InChI is InChI=1S/C10H19N/c1-3-9-4-5-10-8(2)6-7-11(9)10/h8-10H,3-7H2,1-2H3. The van der Waals surface area contributed by atoms with Gasteiger partial charge in [0.2, 0.25) is 0 Å². The summed E-state index contributed by atoms with van der Waals surface area (Å²) in [6.45, 7) is 6.13. The average molecular weight is 153 g/mol. The van der Waals surface area contributed by atoms with Gasteiger partial charge in [-0.1, -0.05) is 13.8 Å². The molecular weight excluding hydrogens is 134 g/mol. The molecular formula is C10H19N. The molecule has 0 spiro atoms. The van der Waals surface area contributed by atoms with E-state index in [0.29, 0.717) is 0 Å². The molecule has 3 unspecified atom stereocenters. The van der Waals surface area contributed by atoms with E-state index in [9.17, 15) is 0 Å². The van der Waals surface area contributed by atoms with Crippen molar-refractivity contribution < 1.29 is 0 Å². The van der Waals surface area contributed by atoms with Crippen LogP contribution in [0.3, 0.4) is 0 Å². The first kappa shape index (κ1) is 7.60. The minimum absolute atomic E-state index is 0.935. The second-order valence-electron chi connectivity index (χ2n) is 4.21. The third-order valence-electron chi connectivity index (χ3n) is 3.66. The summed E-state index contributed by atoms with van der Waals surface area (Å²) in [5.74, 6) is 0.978. The summed E-state index contributed by atoms with van der Waals surface area (Å²) in [4.78, 5) is 2.75. The van der Waals surface area contributed by atoms with Gasteiger partial charge in [0.25, 0.3) is 0 Å². The normalized spacial score (nSPS) is 44.7. The van der Waals surface area contributed by atoms with E-state index < -0.39 is 0 Å². The van der Waals surface area contributed by atoms with Crippen LogP contribution in [0.5, 0.6) is 0 Å². The van der Waals surface area contributed by atoms with E-state index in [1.807, 2.05) is 0 Å². The average Bonchev–Trinajstić information content (AvgIpc) is 2.53. The fourth-order valence-corrected chi connectivity index (χ4v) is 2.91. The largest absolute Gasteiger partial charge is 0.297 e. The molecule has 2 heterocycles. The topological polar surface area (TPSA) is 3.24 Å². The van der Waals surface area contributed by atoms with Gasteiger partial charge in [0.05, 0.1) is 0 Å². The smallest absolute Gasteiger partial charge is 0.0125 e. The Hall–Kier alpha value is -0.0400. The monoisotopic (exact) mass is 153 g/mol. The molecule has 0 radical (unpaired) electrons. The van der Waals surface area contributed by atoms with Crippen molar-refractivity contribution in [2.45, 2.75) is 51.6 Å². The first-order valence-corrected chi connectivity index (χ1v) is 5.08. The highest BCUT2D eigenvalue weighted by molar-refractivity contribution is 4.94. The van der Waals surface area contributed by atoms with Crippen molar-refractivity contribution >= 4 is 0 Å². The lowest BCUT2D eigenvalue weighted by Gasteiger charge is -2.23. The molecule has 0 aromatic carbocycles. The van der Waals surface area contributed by atoms with Gasteiger partial charge in [0.15, 0.2) is 0 Å². The van der Waals surface area contributed by atoms with Crippen LogP contribution in [0.15, 0.2) is 0 Å². The first-order chi connectivity index (χ1) is 5.33. The van der Waals surface area contributed by atoms with Crippen LogP contribution in [0.4, 0.5) is 0 Å². The third kappa shape index (κ3) is 1.10. The van der Waals surface area contributed by atoms with Gasteiger partial charge in [0, 0.05) is 12.1 Å². The van der Waals surface area contributed by atoms with Gasteiger partial charge in [0.1, 0.15) is 0 Å². The molecule has 2 saturated heterocycles. The number of rotatable bonds is 1. The van der Waals surface area contributed by atoms with Gasteiger partial charge < -0.3 is 0 Å². The molecule has 3 atom stereocenters. The quantitative estimate of drug-likeness (QED) is 0.558. The number of fused-ring (bicyclic) bond motifs is 1. The zero-order chi connectivity index (χ0) is 7.84. The highest BCUT2D eigenvalue weighted by Gasteiger charge is 2.39. The zero-order valence-corrected chi connectivity index (χ0v) is 7.71. The maximum Gasteiger partial charge on any atom is 0.0125 e. The summed E-state index contributed by atoms with van der Waals surface area (Å²) in [6, 6.07) is 1.89. The van der Waals surface area contributed by atoms with E-state index in [1.54, 1.807) is 0 Å². The molecule has 2 rings (SSSR count). The predicted octanol–water partition coefficient (Wildman–Crippen LogP) is 2.27. The Morgan fingerprint density at radius 1 is 1.27 bits per heavy atom. The van der Waals surface area contributed by atoms with Crippen LogP contribution in [0.25, 0.3) is 0 Å². The van der Waals surface area contributed by atoms with E-state index in [4.69, 9.17) is 0 Å². The molecule has 0 aromatic heterocycles. The SMILES string of the molecule is CCC1CCC2C(C)CCN12. The molecule has 0 saturated carbocycles. The van der Waals surface area contributed by atoms with Crippen molar-refractivity contribution in [1.29, 1.82) is 0 Å². The first-order valence-electron chi connectivity index (χ1n) is 5.08. The maximum atomic E-state index is 2.75. The predicted molar refractivity (Wildman–Crippen MR) is 47.6 cm³/mol. The lowest BCUT2D eigenvalue weighted by atomic mass is 10.0. The minimum atomic E-state index is 0.935. The highest BCUT2D eigenvalue weighted by Crippen LogP contribution is 2.37. The molecule has 0 amide bonds. The maximum absolute atomic E-state index is 2.75. The Labute approximate surface area is 69.8 Å². The molecule has 0 N–H and O–H groups in total. The Morgan fingerprint density at radius 2 is 2.09 bits per heavy atom. The molecule has 64 valence electrons. The van der Waals surface area contributed by atoms with E-state index in [-0.39, 0.29) is 0 Å². The zero-order valence-electron chi connectivity index (χ0n) is 7.71. The summed E-state index contributed by atoms with van der Waals surface area (Å²) in [5.41, 5.74) is 0. The molecule has 11 heavy (non-hydrogen) atoms. The molecule has 0 aromatic rings. The molecule has 2 aliphatic heterocycles. The van der Waals surface area contributed by atoms with Crippen LogP contribution >= 0.6 is 0 Å². The van der Waals surface area contributed by atoms with E-state index >= 15 is 0 Å². The summed E-state index contributed by atoms with van der Waals surface area (Å²) in [5, 5.41) is 0. The van der Waals surface area contributed by atoms with Crippen LogP contribution in [-0.2, 0) is 0 Å². The lowest BCUT2D eigenvalue weighted by Crippen LogP contribution is -2.31. The molecule has 1 heteroatoms. The van der Waals surface area contributed by atoms with Crippen molar-refractivity contribution in [2.75, 3.05) is 6.54 Å². The van der Waals surface area contributed by atoms with Gasteiger partial charge in [-0.3, -0.25) is 4.90 Å². The van der Waals surface area contributed by atoms with Gasteiger partial charge in [-0.05, 0) is 38.1 Å². The molecule has 1 nitrogen and oxygen atoms in total. The van der Waals surface area contributed by atoms with Crippen LogP contribution in [0, 0.1) is 5.92 Å². The van der Waals surface area contributed by atoms with Crippen molar-refractivity contribution in [2.24, 2.45) is 5.92 Å². The van der Waals surface area contributed by atoms with Gasteiger partial charge in [-0.15, -0.1) is 0 Å². The summed E-state index contributed by atoms with van der Waals surface area (Å²) in [6.07, 6.45) is 5.75. The summed E-state index contributed by atoms with van der Waals surface area (Å²) in [7, 11) is 0. The van der Waals surface area contributed by atoms with Crippen LogP contribution in [0.1, 0.15) is 39.5 Å². The van der Waals surface area contributed by atoms with Crippen molar-refractivity contribution in [1.82, 2.24) is 4.90 Å². The van der Waals surface area contributed by atoms with E-state index in [0.717, 1.165) is 18.0 Å². The molecule has 2 aliphatic rings. The minimum Gasteiger partial charge on any atom is -0.297 e. The van der Waals surface area contributed by atoms with Gasteiger partial charge in [-0.25, -0.2) is 0 Å². The molecule has 0 bridgehead atoms. The lowest BCUT2D eigenvalue weighted by molar-refractivity contribution is 0.227. The Balaban J connectivity index is 2.04. The fourth-order valence-electron chi connectivity index (χ4n) is 2.91. The van der Waals surface area contributed by atoms with E-state index in [1.165, 1.54) is 32.2 Å². The van der Waals surface area contributed by atoms with Crippen molar-refractivity contribution in [3.63, 3.8) is 0 Å². The summed E-state index contributed by atoms with van der Waals surface area (Å²) >= 11 is 0. The fraction of sp³-hybridized carbons (Fsp3) is 1.00. The Bertz CT molecular complexity index is 144. The van der Waals surface area contributed by atoms with E-state index in [2.05, 4.69) is 18.7 Å². The van der Waals surface area contributed by atoms with Crippen molar-refractivity contribution in [3.05, 3.63) is 0 Å². The van der Waals surface area contributed by atoms with Crippen LogP contribution in [-0.4, -0.2) is 23.5 Å². The second-order valence-corrected chi connectivity index (χ2v) is 4.21. The van der Waals surface area contributed by atoms with Crippen molar-refractivity contribution in [3.8, 4) is 0 Å². The Kier molecular flexibility index (Phi) is 1.92. The molecule has 0 aliphatic carbocycles. The number of nitrogens with zero attached hydrogens (tertiary/aromatic N) is 1. The number of hydrogen-bond acceptors (Lipinski definition) is 1. The third-order valence-corrected chi connectivity index (χ3v) is 3.66. The molecule has 2 fully saturated rings.